The Balaban J connectivity index is 2.18. The number of halogens is 1. The lowest BCUT2D eigenvalue weighted by atomic mass is 9.94. The average Bonchev–Trinajstić information content (AvgIpc) is 2.18. The van der Waals surface area contributed by atoms with Crippen molar-refractivity contribution in [1.29, 1.82) is 0 Å². The summed E-state index contributed by atoms with van der Waals surface area (Å²) in [4.78, 5) is 0. The lowest BCUT2D eigenvalue weighted by molar-refractivity contribution is 0.361. The van der Waals surface area contributed by atoms with Gasteiger partial charge in [0.2, 0.25) is 0 Å². The van der Waals surface area contributed by atoms with Gasteiger partial charge in [0.05, 0.1) is 0 Å². The van der Waals surface area contributed by atoms with E-state index in [9.17, 15) is 4.39 Å². The summed E-state index contributed by atoms with van der Waals surface area (Å²) in [5.41, 5.74) is 6.59. The zero-order valence-corrected chi connectivity index (χ0v) is 8.04. The Kier molecular flexibility index (Phi) is 2.79. The van der Waals surface area contributed by atoms with Gasteiger partial charge in [-0.2, -0.15) is 0 Å². The Morgan fingerprint density at radius 3 is 2.86 bits per heavy atom. The summed E-state index contributed by atoms with van der Waals surface area (Å²) in [6.45, 7) is 0.875. The minimum atomic E-state index is -0.140. The van der Waals surface area contributed by atoms with E-state index in [-0.39, 0.29) is 17.9 Å². The van der Waals surface area contributed by atoms with Gasteiger partial charge in [-0.3, -0.25) is 0 Å². The van der Waals surface area contributed by atoms with Crippen molar-refractivity contribution in [3.05, 3.63) is 35.6 Å². The molecule has 76 valence electrons. The van der Waals surface area contributed by atoms with Crippen LogP contribution in [-0.2, 0) is 0 Å². The molecule has 0 radical (unpaired) electrons. The van der Waals surface area contributed by atoms with Crippen LogP contribution in [0.4, 0.5) is 4.39 Å². The summed E-state index contributed by atoms with van der Waals surface area (Å²) in [5.74, 6) is -0.140. The Labute approximate surface area is 83.3 Å². The Bertz CT molecular complexity index is 314. The molecule has 1 aliphatic heterocycles. The largest absolute Gasteiger partial charge is 0.328 e. The zero-order chi connectivity index (χ0) is 9.97. The van der Waals surface area contributed by atoms with Crippen molar-refractivity contribution in [3.63, 3.8) is 0 Å². The molecule has 1 aromatic carbocycles. The molecule has 1 aromatic rings. The second-order valence-electron chi connectivity index (χ2n) is 3.81. The third-order valence-electron chi connectivity index (χ3n) is 2.72. The van der Waals surface area contributed by atoms with Gasteiger partial charge < -0.3 is 11.1 Å². The molecule has 3 N–H and O–H groups in total. The van der Waals surface area contributed by atoms with Gasteiger partial charge >= 0.3 is 0 Å². The number of benzene rings is 1. The summed E-state index contributed by atoms with van der Waals surface area (Å²) in [6, 6.07) is 7.17. The summed E-state index contributed by atoms with van der Waals surface area (Å²) in [7, 11) is 0. The topological polar surface area (TPSA) is 38.0 Å². The van der Waals surface area contributed by atoms with Gasteiger partial charge in [0.15, 0.2) is 0 Å². The molecule has 3 heteroatoms. The molecule has 0 amide bonds. The highest BCUT2D eigenvalue weighted by molar-refractivity contribution is 5.21. The van der Waals surface area contributed by atoms with Gasteiger partial charge in [0, 0.05) is 17.6 Å². The first-order valence-electron chi connectivity index (χ1n) is 5.01. The molecule has 0 spiro atoms. The number of piperidine rings is 1. The molecular weight excluding hydrogens is 179 g/mol. The van der Waals surface area contributed by atoms with E-state index in [1.807, 2.05) is 12.1 Å². The molecule has 1 fully saturated rings. The maximum Gasteiger partial charge on any atom is 0.127 e. The Morgan fingerprint density at radius 2 is 2.14 bits per heavy atom. The smallest absolute Gasteiger partial charge is 0.127 e. The fourth-order valence-corrected chi connectivity index (χ4v) is 1.94. The van der Waals surface area contributed by atoms with Crippen LogP contribution in [0.15, 0.2) is 24.3 Å². The van der Waals surface area contributed by atoms with Gasteiger partial charge in [0.1, 0.15) is 5.82 Å². The number of rotatable bonds is 1. The fourth-order valence-electron chi connectivity index (χ4n) is 1.94. The van der Waals surface area contributed by atoms with Crippen LogP contribution in [0.2, 0.25) is 0 Å². The number of hydrogen-bond donors (Lipinski definition) is 2. The van der Waals surface area contributed by atoms with E-state index in [0.29, 0.717) is 0 Å². The minimum absolute atomic E-state index is 0.0833. The van der Waals surface area contributed by atoms with E-state index in [1.54, 1.807) is 6.07 Å². The number of nitrogens with two attached hydrogens (primary N) is 1. The van der Waals surface area contributed by atoms with Crippen LogP contribution in [0.5, 0.6) is 0 Å². The van der Waals surface area contributed by atoms with E-state index in [2.05, 4.69) is 5.32 Å². The third-order valence-corrected chi connectivity index (χ3v) is 2.72. The van der Waals surface area contributed by atoms with Crippen LogP contribution < -0.4 is 11.1 Å². The molecule has 2 atom stereocenters. The van der Waals surface area contributed by atoms with Crippen LogP contribution >= 0.6 is 0 Å². The summed E-state index contributed by atoms with van der Waals surface area (Å²) >= 11 is 0. The van der Waals surface area contributed by atoms with Crippen molar-refractivity contribution in [2.24, 2.45) is 5.73 Å². The predicted molar refractivity (Wildman–Crippen MR) is 54.4 cm³/mol. The van der Waals surface area contributed by atoms with Crippen molar-refractivity contribution in [2.75, 3.05) is 6.54 Å². The Morgan fingerprint density at radius 1 is 1.36 bits per heavy atom. The van der Waals surface area contributed by atoms with Crippen molar-refractivity contribution in [1.82, 2.24) is 5.32 Å². The van der Waals surface area contributed by atoms with Gasteiger partial charge in [0.25, 0.3) is 0 Å². The second-order valence-corrected chi connectivity index (χ2v) is 3.81. The molecule has 14 heavy (non-hydrogen) atoms. The fraction of sp³-hybridized carbons (Fsp3) is 0.455. The molecular formula is C11H15FN2. The predicted octanol–water partition coefficient (Wildman–Crippen LogP) is 1.58. The van der Waals surface area contributed by atoms with Crippen molar-refractivity contribution >= 4 is 0 Å². The molecule has 2 rings (SSSR count). The molecule has 2 nitrogen and oxygen atoms in total. The number of nitrogens with one attached hydrogen (secondary N) is 1. The van der Waals surface area contributed by atoms with Gasteiger partial charge in [-0.15, -0.1) is 0 Å². The van der Waals surface area contributed by atoms with E-state index in [0.717, 1.165) is 24.9 Å². The molecule has 0 aromatic heterocycles. The van der Waals surface area contributed by atoms with Gasteiger partial charge in [-0.05, 0) is 25.5 Å². The Hall–Kier alpha value is -0.930. The molecule has 1 heterocycles. The normalized spacial score (nSPS) is 27.6. The first-order chi connectivity index (χ1) is 6.77. The zero-order valence-electron chi connectivity index (χ0n) is 8.04. The second kappa shape index (κ2) is 4.07. The molecule has 0 saturated carbocycles. The molecule has 2 unspecified atom stereocenters. The van der Waals surface area contributed by atoms with Crippen molar-refractivity contribution in [3.8, 4) is 0 Å². The lowest BCUT2D eigenvalue weighted by Crippen LogP contribution is -2.38. The molecule has 0 aliphatic carbocycles. The highest BCUT2D eigenvalue weighted by Crippen LogP contribution is 2.24. The van der Waals surface area contributed by atoms with Crippen molar-refractivity contribution in [2.45, 2.75) is 24.9 Å². The van der Waals surface area contributed by atoms with Crippen LogP contribution in [0, 0.1) is 5.82 Å². The summed E-state index contributed by atoms with van der Waals surface area (Å²) < 4.78 is 13.4. The van der Waals surface area contributed by atoms with Gasteiger partial charge in [-0.25, -0.2) is 4.39 Å². The van der Waals surface area contributed by atoms with Crippen LogP contribution in [0.3, 0.4) is 0 Å². The molecule has 1 saturated heterocycles. The minimum Gasteiger partial charge on any atom is -0.328 e. The van der Waals surface area contributed by atoms with E-state index in [1.165, 1.54) is 6.07 Å². The summed E-state index contributed by atoms with van der Waals surface area (Å²) in [6.07, 6.45) is 1.80. The summed E-state index contributed by atoms with van der Waals surface area (Å²) in [5, 5.41) is 3.29. The van der Waals surface area contributed by atoms with Crippen molar-refractivity contribution < 1.29 is 4.39 Å². The van der Waals surface area contributed by atoms with Crippen LogP contribution in [0.25, 0.3) is 0 Å². The lowest BCUT2D eigenvalue weighted by Gasteiger charge is -2.28. The first kappa shape index (κ1) is 9.62. The monoisotopic (exact) mass is 194 g/mol. The maximum atomic E-state index is 13.4. The molecule has 1 aliphatic rings. The first-order valence-corrected chi connectivity index (χ1v) is 5.01. The quantitative estimate of drug-likeness (QED) is 0.712. The number of hydrogen-bond acceptors (Lipinski definition) is 2. The van der Waals surface area contributed by atoms with Crippen LogP contribution in [-0.4, -0.2) is 12.6 Å². The maximum absolute atomic E-state index is 13.4. The van der Waals surface area contributed by atoms with Crippen LogP contribution in [0.1, 0.15) is 24.4 Å². The average molecular weight is 194 g/mol. The van der Waals surface area contributed by atoms with E-state index < -0.39 is 0 Å². The standard InChI is InChI=1S/C11H15FN2/c12-10-4-2-1-3-9(10)11-7-8(13)5-6-14-11/h1-4,8,11,14H,5-7,13H2. The van der Waals surface area contributed by atoms with Gasteiger partial charge in [-0.1, -0.05) is 18.2 Å². The third kappa shape index (κ3) is 1.94. The van der Waals surface area contributed by atoms with E-state index >= 15 is 0 Å². The highest BCUT2D eigenvalue weighted by Gasteiger charge is 2.21. The SMILES string of the molecule is NC1CCNC(c2ccccc2F)C1. The molecule has 0 bridgehead atoms. The highest BCUT2D eigenvalue weighted by atomic mass is 19.1. The van der Waals surface area contributed by atoms with E-state index in [4.69, 9.17) is 5.73 Å².